The molecule has 0 saturated heterocycles. The maximum Gasteiger partial charge on any atom is 0.450 e. The number of rotatable bonds is 6. The number of ether oxygens (including phenoxy) is 2. The first-order valence-corrected chi connectivity index (χ1v) is 4.93. The fourth-order valence-electron chi connectivity index (χ4n) is 0.887. The van der Waals surface area contributed by atoms with E-state index in [9.17, 15) is 26.3 Å². The third-order valence-corrected chi connectivity index (χ3v) is 1.71. The lowest BCUT2D eigenvalue weighted by Crippen LogP contribution is -2.37. The molecule has 0 aliphatic carbocycles. The molecule has 0 aliphatic rings. The molecular weight excluding hydrogens is 268 g/mol. The normalized spacial score (nSPS) is 15.6. The van der Waals surface area contributed by atoms with Gasteiger partial charge < -0.3 is 15.2 Å². The Labute approximate surface area is 99.5 Å². The second-order valence-electron chi connectivity index (χ2n) is 3.24. The molecule has 0 bridgehead atoms. The zero-order valence-corrected chi connectivity index (χ0v) is 9.44. The van der Waals surface area contributed by atoms with Gasteiger partial charge in [-0.1, -0.05) is 6.92 Å². The first-order valence-electron chi connectivity index (χ1n) is 4.93. The fraction of sp³-hybridized carbons (Fsp3) is 0.778. The maximum absolute atomic E-state index is 12.4. The minimum Gasteiger partial charge on any atom is -0.485 e. The van der Waals surface area contributed by atoms with Crippen molar-refractivity contribution in [2.75, 3.05) is 13.2 Å². The van der Waals surface area contributed by atoms with E-state index in [1.807, 2.05) is 0 Å². The van der Waals surface area contributed by atoms with Crippen molar-refractivity contribution in [1.29, 1.82) is 0 Å². The molecule has 108 valence electrons. The number of hydrogen-bond acceptors (Lipinski definition) is 3. The van der Waals surface area contributed by atoms with E-state index in [-0.39, 0.29) is 12.8 Å². The summed E-state index contributed by atoms with van der Waals surface area (Å²) in [5.41, 5.74) is 4.63. The van der Waals surface area contributed by atoms with Gasteiger partial charge in [-0.2, -0.15) is 26.3 Å². The fourth-order valence-corrected chi connectivity index (χ4v) is 0.887. The van der Waals surface area contributed by atoms with Gasteiger partial charge in [0.15, 0.2) is 6.10 Å². The van der Waals surface area contributed by atoms with Crippen LogP contribution < -0.4 is 5.73 Å². The molecule has 2 N–H and O–H groups in total. The molecular formula is C9H13F6NO2. The maximum atomic E-state index is 12.4. The van der Waals surface area contributed by atoms with Crippen LogP contribution in [0.25, 0.3) is 0 Å². The predicted octanol–water partition coefficient (Wildman–Crippen LogP) is 2.72. The molecule has 18 heavy (non-hydrogen) atoms. The van der Waals surface area contributed by atoms with Gasteiger partial charge in [-0.05, 0) is 6.42 Å². The van der Waals surface area contributed by atoms with Crippen LogP contribution in [-0.4, -0.2) is 31.7 Å². The van der Waals surface area contributed by atoms with Crippen molar-refractivity contribution in [3.63, 3.8) is 0 Å². The average molecular weight is 281 g/mol. The lowest BCUT2D eigenvalue weighted by Gasteiger charge is -2.22. The van der Waals surface area contributed by atoms with E-state index in [0.29, 0.717) is 6.42 Å². The van der Waals surface area contributed by atoms with Gasteiger partial charge in [0.05, 0.1) is 0 Å². The molecule has 1 atom stereocenters. The molecule has 0 aromatic heterocycles. The molecule has 0 radical (unpaired) electrons. The van der Waals surface area contributed by atoms with E-state index in [1.165, 1.54) is 0 Å². The lowest BCUT2D eigenvalue weighted by atomic mass is 10.3. The Morgan fingerprint density at radius 1 is 1.22 bits per heavy atom. The van der Waals surface area contributed by atoms with Gasteiger partial charge in [0.2, 0.25) is 5.76 Å². The van der Waals surface area contributed by atoms with Crippen LogP contribution in [0.5, 0.6) is 0 Å². The molecule has 0 aliphatic heterocycles. The Kier molecular flexibility index (Phi) is 6.30. The number of alkyl halides is 6. The third kappa shape index (κ3) is 5.99. The Morgan fingerprint density at radius 2 is 1.78 bits per heavy atom. The molecule has 0 aromatic rings. The van der Waals surface area contributed by atoms with Crippen molar-refractivity contribution in [3.8, 4) is 0 Å². The van der Waals surface area contributed by atoms with E-state index in [0.717, 1.165) is 0 Å². The summed E-state index contributed by atoms with van der Waals surface area (Å²) in [6.45, 7) is 0.0302. The first-order chi connectivity index (χ1) is 8.12. The molecule has 0 rings (SSSR count). The SMILES string of the molecule is CCCOC(COC(=CN)C(F)(F)F)C(F)(F)F. The summed E-state index contributed by atoms with van der Waals surface area (Å²) in [6, 6.07) is 0. The van der Waals surface area contributed by atoms with Gasteiger partial charge in [0, 0.05) is 12.8 Å². The van der Waals surface area contributed by atoms with Crippen LogP contribution in [0.2, 0.25) is 0 Å². The van der Waals surface area contributed by atoms with Crippen LogP contribution in [0, 0.1) is 0 Å². The van der Waals surface area contributed by atoms with Crippen LogP contribution in [0.1, 0.15) is 13.3 Å². The monoisotopic (exact) mass is 281 g/mol. The summed E-state index contributed by atoms with van der Waals surface area (Å²) in [5.74, 6) is -1.68. The lowest BCUT2D eigenvalue weighted by molar-refractivity contribution is -0.236. The van der Waals surface area contributed by atoms with Gasteiger partial charge in [-0.3, -0.25) is 0 Å². The van der Waals surface area contributed by atoms with Crippen molar-refractivity contribution in [1.82, 2.24) is 0 Å². The van der Waals surface area contributed by atoms with Crippen molar-refractivity contribution in [2.24, 2.45) is 5.73 Å². The highest BCUT2D eigenvalue weighted by molar-refractivity contribution is 4.98. The quantitative estimate of drug-likeness (QED) is 0.601. The third-order valence-electron chi connectivity index (χ3n) is 1.71. The van der Waals surface area contributed by atoms with E-state index in [2.05, 4.69) is 15.2 Å². The number of halogens is 6. The van der Waals surface area contributed by atoms with Gasteiger partial charge in [-0.15, -0.1) is 0 Å². The Hall–Kier alpha value is -1.12. The average Bonchev–Trinajstić information content (AvgIpc) is 2.19. The highest BCUT2D eigenvalue weighted by Crippen LogP contribution is 2.28. The van der Waals surface area contributed by atoms with Crippen LogP contribution in [0.4, 0.5) is 26.3 Å². The molecule has 0 spiro atoms. The van der Waals surface area contributed by atoms with Crippen molar-refractivity contribution >= 4 is 0 Å². The molecule has 1 unspecified atom stereocenters. The summed E-state index contributed by atoms with van der Waals surface area (Å²) < 4.78 is 81.8. The topological polar surface area (TPSA) is 44.5 Å². The van der Waals surface area contributed by atoms with Crippen LogP contribution in [-0.2, 0) is 9.47 Å². The zero-order valence-electron chi connectivity index (χ0n) is 9.44. The highest BCUT2D eigenvalue weighted by Gasteiger charge is 2.43. The van der Waals surface area contributed by atoms with E-state index >= 15 is 0 Å². The number of hydrogen-bond donors (Lipinski definition) is 1. The van der Waals surface area contributed by atoms with Crippen LogP contribution in [0.15, 0.2) is 12.0 Å². The highest BCUT2D eigenvalue weighted by atomic mass is 19.4. The summed E-state index contributed by atoms with van der Waals surface area (Å²) in [4.78, 5) is 0. The van der Waals surface area contributed by atoms with E-state index in [1.54, 1.807) is 6.92 Å². The summed E-state index contributed by atoms with van der Waals surface area (Å²) >= 11 is 0. The Morgan fingerprint density at radius 3 is 2.11 bits per heavy atom. The molecule has 0 saturated carbocycles. The predicted molar refractivity (Wildman–Crippen MR) is 50.4 cm³/mol. The summed E-state index contributed by atoms with van der Waals surface area (Å²) in [5, 5.41) is 0. The number of allylic oxidation sites excluding steroid dienone is 1. The minimum atomic E-state index is -4.93. The number of nitrogens with two attached hydrogens (primary N) is 1. The van der Waals surface area contributed by atoms with Gasteiger partial charge >= 0.3 is 12.4 Å². The largest absolute Gasteiger partial charge is 0.485 e. The van der Waals surface area contributed by atoms with Crippen LogP contribution >= 0.6 is 0 Å². The van der Waals surface area contributed by atoms with Crippen molar-refractivity contribution < 1.29 is 35.8 Å². The van der Waals surface area contributed by atoms with Crippen LogP contribution in [0.3, 0.4) is 0 Å². The van der Waals surface area contributed by atoms with E-state index < -0.39 is 30.8 Å². The first kappa shape index (κ1) is 16.9. The molecule has 0 aromatic carbocycles. The molecule has 9 heteroatoms. The van der Waals surface area contributed by atoms with E-state index in [4.69, 9.17) is 0 Å². The second kappa shape index (κ2) is 6.72. The van der Waals surface area contributed by atoms with Gasteiger partial charge in [0.1, 0.15) is 6.61 Å². The summed E-state index contributed by atoms with van der Waals surface area (Å²) in [6.07, 6.45) is -11.8. The van der Waals surface area contributed by atoms with Gasteiger partial charge in [0.25, 0.3) is 0 Å². The smallest absolute Gasteiger partial charge is 0.450 e. The minimum absolute atomic E-state index is 0.0628. The zero-order chi connectivity index (χ0) is 14.4. The van der Waals surface area contributed by atoms with Crippen molar-refractivity contribution in [3.05, 3.63) is 12.0 Å². The van der Waals surface area contributed by atoms with Crippen molar-refractivity contribution in [2.45, 2.75) is 31.8 Å². The van der Waals surface area contributed by atoms with Gasteiger partial charge in [-0.25, -0.2) is 0 Å². The summed E-state index contributed by atoms with van der Waals surface area (Å²) in [7, 11) is 0. The Bertz CT molecular complexity index is 273. The molecule has 0 amide bonds. The molecule has 0 heterocycles. The standard InChI is InChI=1S/C9H13F6NO2/c1-2-3-17-7(9(13,14)15)5-18-6(4-16)8(10,11)12/h4,7H,2-3,5,16H2,1H3. The molecule has 0 fully saturated rings. The second-order valence-corrected chi connectivity index (χ2v) is 3.24. The Balaban J connectivity index is 4.52. The molecule has 3 nitrogen and oxygen atoms in total.